The number of carbonyl (C=O) groups excluding carboxylic acids is 1. The minimum atomic E-state index is -1.14. The molecule has 0 radical (unpaired) electrons. The van der Waals surface area contributed by atoms with E-state index in [1.807, 2.05) is 6.92 Å². The van der Waals surface area contributed by atoms with Crippen LogP contribution < -0.4 is 5.32 Å². The normalized spacial score (nSPS) is 10.5. The summed E-state index contributed by atoms with van der Waals surface area (Å²) in [7, 11) is 0. The monoisotopic (exact) mass is 323 g/mol. The molecule has 0 saturated carbocycles. The van der Waals surface area contributed by atoms with Gasteiger partial charge in [-0.05, 0) is 42.8 Å². The van der Waals surface area contributed by atoms with Crippen molar-refractivity contribution in [2.75, 3.05) is 5.32 Å². The summed E-state index contributed by atoms with van der Waals surface area (Å²) in [5, 5.41) is 21.9. The number of carboxylic acids is 1. The molecule has 3 aromatic rings. The molecule has 0 bridgehead atoms. The van der Waals surface area contributed by atoms with Crippen molar-refractivity contribution in [3.05, 3.63) is 59.4 Å². The first-order chi connectivity index (χ1) is 11.5. The lowest BCUT2D eigenvalue weighted by molar-refractivity contribution is 0.0699. The minimum absolute atomic E-state index is 0.00228. The molecular weight excluding hydrogens is 310 g/mol. The van der Waals surface area contributed by atoms with Gasteiger partial charge in [0, 0.05) is 11.6 Å². The van der Waals surface area contributed by atoms with Crippen LogP contribution >= 0.6 is 0 Å². The number of phenols is 1. The van der Waals surface area contributed by atoms with Crippen LogP contribution in [0.25, 0.3) is 10.9 Å². The molecule has 0 spiro atoms. The predicted molar refractivity (Wildman–Crippen MR) is 87.3 cm³/mol. The van der Waals surface area contributed by atoms with Gasteiger partial charge in [0.05, 0.1) is 5.56 Å². The number of amides is 1. The van der Waals surface area contributed by atoms with Gasteiger partial charge in [-0.15, -0.1) is 0 Å². The third-order valence-electron chi connectivity index (χ3n) is 3.45. The number of hydrogen-bond acceptors (Lipinski definition) is 5. The van der Waals surface area contributed by atoms with Gasteiger partial charge in [-0.1, -0.05) is 6.07 Å². The van der Waals surface area contributed by atoms with E-state index in [0.717, 1.165) is 5.56 Å². The lowest BCUT2D eigenvalue weighted by atomic mass is 10.1. The third kappa shape index (κ3) is 2.87. The maximum Gasteiger partial charge on any atom is 0.336 e. The van der Waals surface area contributed by atoms with Crippen LogP contribution in [0, 0.1) is 6.92 Å². The summed E-state index contributed by atoms with van der Waals surface area (Å²) in [4.78, 5) is 31.6. The molecule has 0 atom stereocenters. The number of benzene rings is 1. The highest BCUT2D eigenvalue weighted by Crippen LogP contribution is 2.26. The Morgan fingerprint density at radius 3 is 2.54 bits per heavy atom. The van der Waals surface area contributed by atoms with Crippen molar-refractivity contribution in [3.8, 4) is 5.75 Å². The van der Waals surface area contributed by atoms with Crippen LogP contribution in [0.4, 0.5) is 5.82 Å². The van der Waals surface area contributed by atoms with E-state index >= 15 is 0 Å². The molecule has 1 aromatic carbocycles. The van der Waals surface area contributed by atoms with E-state index in [4.69, 9.17) is 0 Å². The van der Waals surface area contributed by atoms with E-state index in [1.165, 1.54) is 24.3 Å². The number of aromatic nitrogens is 2. The number of aromatic carboxylic acids is 1. The van der Waals surface area contributed by atoms with Gasteiger partial charge >= 0.3 is 5.97 Å². The maximum absolute atomic E-state index is 12.3. The van der Waals surface area contributed by atoms with E-state index in [9.17, 15) is 19.8 Å². The number of aromatic hydroxyl groups is 1. The first-order valence-electron chi connectivity index (χ1n) is 7.06. The summed E-state index contributed by atoms with van der Waals surface area (Å²) >= 11 is 0. The fourth-order valence-corrected chi connectivity index (χ4v) is 2.24. The predicted octanol–water partition coefficient (Wildman–Crippen LogP) is 2.59. The van der Waals surface area contributed by atoms with Crippen LogP contribution in [0.3, 0.4) is 0 Å². The zero-order chi connectivity index (χ0) is 17.3. The van der Waals surface area contributed by atoms with Crippen LogP contribution in [-0.4, -0.2) is 32.1 Å². The number of rotatable bonds is 3. The first kappa shape index (κ1) is 15.4. The molecule has 7 nitrogen and oxygen atoms in total. The van der Waals surface area contributed by atoms with Gasteiger partial charge in [0.15, 0.2) is 0 Å². The summed E-state index contributed by atoms with van der Waals surface area (Å²) in [5.74, 6) is -1.47. The Morgan fingerprint density at radius 1 is 1.08 bits per heavy atom. The summed E-state index contributed by atoms with van der Waals surface area (Å²) in [5.41, 5.74) is 1.06. The number of fused-ring (bicyclic) bond motifs is 1. The number of nitrogens with one attached hydrogen (secondary N) is 1. The quantitative estimate of drug-likeness (QED) is 0.683. The van der Waals surface area contributed by atoms with Crippen molar-refractivity contribution in [1.29, 1.82) is 0 Å². The molecule has 0 aliphatic rings. The van der Waals surface area contributed by atoms with E-state index < -0.39 is 11.9 Å². The topological polar surface area (TPSA) is 112 Å². The van der Waals surface area contributed by atoms with Crippen LogP contribution in [0.1, 0.15) is 26.4 Å². The minimum Gasteiger partial charge on any atom is -0.506 e. The van der Waals surface area contributed by atoms with Crippen molar-refractivity contribution >= 4 is 28.6 Å². The van der Waals surface area contributed by atoms with Gasteiger partial charge in [0.2, 0.25) is 0 Å². The summed E-state index contributed by atoms with van der Waals surface area (Å²) < 4.78 is 0. The molecule has 0 saturated heterocycles. The number of carbonyl (C=O) groups is 2. The van der Waals surface area contributed by atoms with Crippen molar-refractivity contribution < 1.29 is 19.8 Å². The number of phenolic OH excluding ortho intramolecular Hbond substituents is 1. The molecule has 3 N–H and O–H groups in total. The zero-order valence-corrected chi connectivity index (χ0v) is 12.6. The molecule has 3 rings (SSSR count). The Kier molecular flexibility index (Phi) is 3.83. The van der Waals surface area contributed by atoms with Crippen LogP contribution in [-0.2, 0) is 0 Å². The van der Waals surface area contributed by atoms with E-state index in [0.29, 0.717) is 5.82 Å². The Morgan fingerprint density at radius 2 is 1.88 bits per heavy atom. The van der Waals surface area contributed by atoms with Crippen LogP contribution in [0.5, 0.6) is 5.75 Å². The molecule has 7 heteroatoms. The molecule has 2 aromatic heterocycles. The van der Waals surface area contributed by atoms with Gasteiger partial charge in [-0.25, -0.2) is 14.8 Å². The number of aryl methyl sites for hydroxylation is 1. The largest absolute Gasteiger partial charge is 0.506 e. The smallest absolute Gasteiger partial charge is 0.336 e. The number of hydrogen-bond donors (Lipinski definition) is 3. The van der Waals surface area contributed by atoms with Crippen LogP contribution in [0.2, 0.25) is 0 Å². The lowest BCUT2D eigenvalue weighted by Crippen LogP contribution is -2.14. The molecule has 0 unspecified atom stereocenters. The number of pyridine rings is 2. The maximum atomic E-state index is 12.3. The summed E-state index contributed by atoms with van der Waals surface area (Å²) in [6, 6.07) is 8.84. The second-order valence-electron chi connectivity index (χ2n) is 5.20. The third-order valence-corrected chi connectivity index (χ3v) is 3.45. The molecular formula is C17H13N3O4. The summed E-state index contributed by atoms with van der Waals surface area (Å²) in [6.45, 7) is 1.88. The molecule has 0 aliphatic carbocycles. The fourth-order valence-electron chi connectivity index (χ4n) is 2.24. The molecule has 1 amide bonds. The standard InChI is InChI=1S/C17H13N3O4/c1-9-2-7-14(18-8-9)20-16(22)12-5-3-10-11(17(23)24)4-6-13(21)15(10)19-12/h2-8,21H,1H3,(H,23,24)(H,18,20,22). The average molecular weight is 323 g/mol. The Bertz CT molecular complexity index is 952. The number of anilines is 1. The zero-order valence-electron chi connectivity index (χ0n) is 12.6. The molecule has 120 valence electrons. The van der Waals surface area contributed by atoms with Gasteiger partial charge < -0.3 is 15.5 Å². The van der Waals surface area contributed by atoms with Crippen molar-refractivity contribution in [2.45, 2.75) is 6.92 Å². The van der Waals surface area contributed by atoms with Crippen molar-refractivity contribution in [3.63, 3.8) is 0 Å². The average Bonchev–Trinajstić information content (AvgIpc) is 2.56. The second-order valence-corrected chi connectivity index (χ2v) is 5.20. The number of carboxylic acid groups (broad SMARTS) is 1. The van der Waals surface area contributed by atoms with Crippen molar-refractivity contribution in [1.82, 2.24) is 9.97 Å². The highest BCUT2D eigenvalue weighted by molar-refractivity contribution is 6.07. The first-order valence-corrected chi connectivity index (χ1v) is 7.06. The molecule has 24 heavy (non-hydrogen) atoms. The lowest BCUT2D eigenvalue weighted by Gasteiger charge is -2.07. The van der Waals surface area contributed by atoms with Gasteiger partial charge in [-0.2, -0.15) is 0 Å². The SMILES string of the molecule is Cc1ccc(NC(=O)c2ccc3c(C(=O)O)ccc(O)c3n2)nc1. The van der Waals surface area contributed by atoms with Crippen LogP contribution in [0.15, 0.2) is 42.6 Å². The van der Waals surface area contributed by atoms with Gasteiger partial charge in [0.1, 0.15) is 22.8 Å². The number of nitrogens with zero attached hydrogens (tertiary/aromatic N) is 2. The molecule has 2 heterocycles. The van der Waals surface area contributed by atoms with E-state index in [1.54, 1.807) is 18.3 Å². The Balaban J connectivity index is 1.98. The molecule has 0 aliphatic heterocycles. The highest BCUT2D eigenvalue weighted by atomic mass is 16.4. The van der Waals surface area contributed by atoms with E-state index in [-0.39, 0.29) is 27.9 Å². The Labute approximate surface area is 136 Å². The van der Waals surface area contributed by atoms with Crippen molar-refractivity contribution in [2.24, 2.45) is 0 Å². The van der Waals surface area contributed by atoms with Gasteiger partial charge in [-0.3, -0.25) is 4.79 Å². The second kappa shape index (κ2) is 5.96. The fraction of sp³-hybridized carbons (Fsp3) is 0.0588. The highest BCUT2D eigenvalue weighted by Gasteiger charge is 2.15. The Hall–Kier alpha value is -3.48. The molecule has 0 fully saturated rings. The van der Waals surface area contributed by atoms with E-state index in [2.05, 4.69) is 15.3 Å². The summed E-state index contributed by atoms with van der Waals surface area (Å²) in [6.07, 6.45) is 1.62. The van der Waals surface area contributed by atoms with Gasteiger partial charge in [0.25, 0.3) is 5.91 Å².